The zero-order chi connectivity index (χ0) is 14.4. The number of esters is 1. The fourth-order valence-corrected chi connectivity index (χ4v) is 2.53. The molecule has 1 aliphatic rings. The third-order valence-electron chi connectivity index (χ3n) is 3.27. The fourth-order valence-electron chi connectivity index (χ4n) is 2.53. The van der Waals surface area contributed by atoms with Crippen molar-refractivity contribution in [3.63, 3.8) is 0 Å². The van der Waals surface area contributed by atoms with Gasteiger partial charge in [0.2, 0.25) is 5.91 Å². The maximum absolute atomic E-state index is 12.1. The number of rotatable bonds is 5. The molecule has 0 spiro atoms. The lowest BCUT2D eigenvalue weighted by Crippen LogP contribution is -2.50. The van der Waals surface area contributed by atoms with Crippen LogP contribution in [0.15, 0.2) is 0 Å². The quantitative estimate of drug-likeness (QED) is 0.761. The molecule has 1 amide bonds. The SMILES string of the molecule is CCOC(=O)CC1CC(N)CN(C(=O)CC(C)C)C1. The summed E-state index contributed by atoms with van der Waals surface area (Å²) < 4.78 is 4.96. The van der Waals surface area contributed by atoms with Gasteiger partial charge in [-0.25, -0.2) is 0 Å². The number of nitrogens with two attached hydrogens (primary N) is 1. The van der Waals surface area contributed by atoms with Crippen LogP contribution in [-0.4, -0.2) is 42.5 Å². The number of piperidine rings is 1. The highest BCUT2D eigenvalue weighted by molar-refractivity contribution is 5.76. The molecule has 5 heteroatoms. The van der Waals surface area contributed by atoms with Gasteiger partial charge in [0.25, 0.3) is 0 Å². The molecule has 0 radical (unpaired) electrons. The number of ether oxygens (including phenoxy) is 1. The van der Waals surface area contributed by atoms with Crippen LogP contribution in [0.3, 0.4) is 0 Å². The Labute approximate surface area is 115 Å². The van der Waals surface area contributed by atoms with Gasteiger partial charge in [0, 0.05) is 25.6 Å². The number of hydrogen-bond donors (Lipinski definition) is 1. The summed E-state index contributed by atoms with van der Waals surface area (Å²) in [5.74, 6) is 0.407. The van der Waals surface area contributed by atoms with Crippen LogP contribution in [0.2, 0.25) is 0 Å². The van der Waals surface area contributed by atoms with E-state index in [-0.39, 0.29) is 23.8 Å². The van der Waals surface area contributed by atoms with E-state index in [1.165, 1.54) is 0 Å². The highest BCUT2D eigenvalue weighted by Gasteiger charge is 2.29. The molecule has 1 heterocycles. The molecule has 2 atom stereocenters. The standard InChI is InChI=1S/C14H26N2O3/c1-4-19-14(18)7-11-6-12(15)9-16(8-11)13(17)5-10(2)3/h10-12H,4-9,15H2,1-3H3. The molecule has 0 aromatic carbocycles. The second kappa shape index (κ2) is 7.48. The molecule has 1 fully saturated rings. The first-order chi connectivity index (χ1) is 8.92. The van der Waals surface area contributed by atoms with Crippen molar-refractivity contribution in [3.05, 3.63) is 0 Å². The maximum Gasteiger partial charge on any atom is 0.306 e. The van der Waals surface area contributed by atoms with Crippen molar-refractivity contribution in [2.45, 2.75) is 46.1 Å². The van der Waals surface area contributed by atoms with Crippen molar-refractivity contribution in [1.29, 1.82) is 0 Å². The van der Waals surface area contributed by atoms with Crippen LogP contribution in [0.25, 0.3) is 0 Å². The Balaban J connectivity index is 2.52. The summed E-state index contributed by atoms with van der Waals surface area (Å²) in [7, 11) is 0. The highest BCUT2D eigenvalue weighted by atomic mass is 16.5. The first-order valence-electron chi connectivity index (χ1n) is 7.11. The number of nitrogens with zero attached hydrogens (tertiary/aromatic N) is 1. The Morgan fingerprint density at radius 2 is 2.05 bits per heavy atom. The van der Waals surface area contributed by atoms with Crippen molar-refractivity contribution in [2.24, 2.45) is 17.6 Å². The van der Waals surface area contributed by atoms with E-state index in [0.717, 1.165) is 6.42 Å². The smallest absolute Gasteiger partial charge is 0.306 e. The summed E-state index contributed by atoms with van der Waals surface area (Å²) >= 11 is 0. The number of likely N-dealkylation sites (tertiary alicyclic amines) is 1. The van der Waals surface area contributed by atoms with Crippen LogP contribution in [-0.2, 0) is 14.3 Å². The first-order valence-corrected chi connectivity index (χ1v) is 7.11. The molecule has 110 valence electrons. The molecule has 0 saturated carbocycles. The van der Waals surface area contributed by atoms with E-state index in [4.69, 9.17) is 10.5 Å². The van der Waals surface area contributed by atoms with Gasteiger partial charge < -0.3 is 15.4 Å². The number of amides is 1. The maximum atomic E-state index is 12.1. The Bertz CT molecular complexity index is 318. The van der Waals surface area contributed by atoms with Gasteiger partial charge in [-0.1, -0.05) is 13.8 Å². The lowest BCUT2D eigenvalue weighted by atomic mass is 9.91. The monoisotopic (exact) mass is 270 g/mol. The van der Waals surface area contributed by atoms with Crippen molar-refractivity contribution in [1.82, 2.24) is 4.90 Å². The topological polar surface area (TPSA) is 72.6 Å². The van der Waals surface area contributed by atoms with Gasteiger partial charge >= 0.3 is 5.97 Å². The number of carbonyl (C=O) groups excluding carboxylic acids is 2. The lowest BCUT2D eigenvalue weighted by molar-refractivity contribution is -0.146. The first kappa shape index (κ1) is 16.0. The summed E-state index contributed by atoms with van der Waals surface area (Å²) in [5, 5.41) is 0. The molecule has 0 aromatic rings. The average Bonchev–Trinajstić information content (AvgIpc) is 2.27. The van der Waals surface area contributed by atoms with Gasteiger partial charge in [-0.3, -0.25) is 9.59 Å². The van der Waals surface area contributed by atoms with E-state index in [2.05, 4.69) is 0 Å². The van der Waals surface area contributed by atoms with E-state index in [1.54, 1.807) is 11.8 Å². The summed E-state index contributed by atoms with van der Waals surface area (Å²) in [6.45, 7) is 7.47. The van der Waals surface area contributed by atoms with Crippen LogP contribution < -0.4 is 5.73 Å². The van der Waals surface area contributed by atoms with Gasteiger partial charge in [0.1, 0.15) is 0 Å². The number of carbonyl (C=O) groups is 2. The van der Waals surface area contributed by atoms with Gasteiger partial charge in [0.05, 0.1) is 13.0 Å². The zero-order valence-electron chi connectivity index (χ0n) is 12.2. The van der Waals surface area contributed by atoms with E-state index in [9.17, 15) is 9.59 Å². The largest absolute Gasteiger partial charge is 0.466 e. The van der Waals surface area contributed by atoms with Crippen LogP contribution in [0.4, 0.5) is 0 Å². The van der Waals surface area contributed by atoms with Crippen molar-refractivity contribution < 1.29 is 14.3 Å². The van der Waals surface area contributed by atoms with Crippen LogP contribution in [0, 0.1) is 11.8 Å². The summed E-state index contributed by atoms with van der Waals surface area (Å²) in [4.78, 5) is 25.4. The van der Waals surface area contributed by atoms with Crippen LogP contribution >= 0.6 is 0 Å². The van der Waals surface area contributed by atoms with Gasteiger partial charge in [0.15, 0.2) is 0 Å². The average molecular weight is 270 g/mol. The normalized spacial score (nSPS) is 23.5. The zero-order valence-corrected chi connectivity index (χ0v) is 12.2. The van der Waals surface area contributed by atoms with Gasteiger partial charge in [-0.05, 0) is 25.2 Å². The van der Waals surface area contributed by atoms with E-state index in [1.807, 2.05) is 13.8 Å². The molecule has 1 rings (SSSR count). The molecule has 0 aromatic heterocycles. The Hall–Kier alpha value is -1.10. The van der Waals surface area contributed by atoms with Gasteiger partial charge in [-0.15, -0.1) is 0 Å². The highest BCUT2D eigenvalue weighted by Crippen LogP contribution is 2.21. The minimum atomic E-state index is -0.196. The summed E-state index contributed by atoms with van der Waals surface area (Å²) in [6, 6.07) is -0.0377. The van der Waals surface area contributed by atoms with Crippen LogP contribution in [0.1, 0.15) is 40.0 Å². The second-order valence-corrected chi connectivity index (χ2v) is 5.77. The Kier molecular flexibility index (Phi) is 6.28. The van der Waals surface area contributed by atoms with Crippen molar-refractivity contribution in [3.8, 4) is 0 Å². The lowest BCUT2D eigenvalue weighted by Gasteiger charge is -2.36. The fraction of sp³-hybridized carbons (Fsp3) is 0.857. The molecule has 0 bridgehead atoms. The molecule has 1 aliphatic heterocycles. The molecule has 5 nitrogen and oxygen atoms in total. The summed E-state index contributed by atoms with van der Waals surface area (Å²) in [6.07, 6.45) is 1.68. The van der Waals surface area contributed by atoms with E-state index < -0.39 is 0 Å². The molecular formula is C14H26N2O3. The molecule has 0 aliphatic carbocycles. The van der Waals surface area contributed by atoms with E-state index >= 15 is 0 Å². The third kappa shape index (κ3) is 5.59. The molecular weight excluding hydrogens is 244 g/mol. The Morgan fingerprint density at radius 3 is 2.63 bits per heavy atom. The molecule has 1 saturated heterocycles. The summed E-state index contributed by atoms with van der Waals surface area (Å²) in [5.41, 5.74) is 5.99. The molecule has 2 unspecified atom stereocenters. The third-order valence-corrected chi connectivity index (χ3v) is 3.27. The predicted octanol–water partition coefficient (Wildman–Crippen LogP) is 1.16. The van der Waals surface area contributed by atoms with Crippen molar-refractivity contribution in [2.75, 3.05) is 19.7 Å². The predicted molar refractivity (Wildman–Crippen MR) is 73.4 cm³/mol. The minimum Gasteiger partial charge on any atom is -0.466 e. The van der Waals surface area contributed by atoms with Crippen LogP contribution in [0.5, 0.6) is 0 Å². The molecule has 2 N–H and O–H groups in total. The van der Waals surface area contributed by atoms with E-state index in [0.29, 0.717) is 38.5 Å². The minimum absolute atomic E-state index is 0.0377. The van der Waals surface area contributed by atoms with Gasteiger partial charge in [-0.2, -0.15) is 0 Å². The number of hydrogen-bond acceptors (Lipinski definition) is 4. The second-order valence-electron chi connectivity index (χ2n) is 5.77. The molecule has 19 heavy (non-hydrogen) atoms. The van der Waals surface area contributed by atoms with Crippen molar-refractivity contribution >= 4 is 11.9 Å². The Morgan fingerprint density at radius 1 is 1.37 bits per heavy atom.